The lowest BCUT2D eigenvalue weighted by atomic mass is 10.1. The van der Waals surface area contributed by atoms with Crippen LogP contribution in [-0.2, 0) is 16.0 Å². The van der Waals surface area contributed by atoms with Crippen molar-refractivity contribution in [3.05, 3.63) is 23.8 Å². The number of nitrogens with one attached hydrogen (secondary N) is 1. The topological polar surface area (TPSA) is 64.6 Å². The molecular formula is C22H36IN3O4. The predicted molar refractivity (Wildman–Crippen MR) is 129 cm³/mol. The first-order valence-electron chi connectivity index (χ1n) is 10.6. The Hall–Kier alpha value is -1.26. The van der Waals surface area contributed by atoms with Crippen molar-refractivity contribution in [1.82, 2.24) is 10.2 Å². The van der Waals surface area contributed by atoms with Gasteiger partial charge in [0.1, 0.15) is 11.5 Å². The summed E-state index contributed by atoms with van der Waals surface area (Å²) in [6.07, 6.45) is 6.20. The molecule has 0 spiro atoms. The number of guanidine groups is 1. The Morgan fingerprint density at radius 1 is 1.17 bits per heavy atom. The van der Waals surface area contributed by atoms with Crippen LogP contribution in [-0.4, -0.2) is 70.6 Å². The molecule has 1 aromatic rings. The molecule has 8 heteroatoms. The quantitative estimate of drug-likeness (QED) is 0.329. The number of aliphatic imine (C=N–C) groups is 1. The van der Waals surface area contributed by atoms with E-state index in [4.69, 9.17) is 18.9 Å². The molecule has 30 heavy (non-hydrogen) atoms. The number of hydrogen-bond acceptors (Lipinski definition) is 5. The molecule has 0 amide bonds. The number of benzene rings is 1. The fraction of sp³-hybridized carbons (Fsp3) is 0.682. The first-order chi connectivity index (χ1) is 14.2. The Balaban J connectivity index is 0.00000320. The van der Waals surface area contributed by atoms with E-state index < -0.39 is 0 Å². The van der Waals surface area contributed by atoms with Gasteiger partial charge in [0.05, 0.1) is 33.0 Å². The first-order valence-corrected chi connectivity index (χ1v) is 10.6. The van der Waals surface area contributed by atoms with Gasteiger partial charge in [0.25, 0.3) is 0 Å². The van der Waals surface area contributed by atoms with Crippen LogP contribution >= 0.6 is 24.0 Å². The average molecular weight is 533 g/mol. The molecular weight excluding hydrogens is 497 g/mol. The summed E-state index contributed by atoms with van der Waals surface area (Å²) in [5.41, 5.74) is 1.07. The van der Waals surface area contributed by atoms with Gasteiger partial charge >= 0.3 is 0 Å². The second-order valence-corrected chi connectivity index (χ2v) is 7.59. The van der Waals surface area contributed by atoms with Crippen LogP contribution in [0.4, 0.5) is 0 Å². The Bertz CT molecular complexity index is 660. The number of piperidine rings is 1. The van der Waals surface area contributed by atoms with Crippen LogP contribution < -0.4 is 14.8 Å². The molecule has 3 rings (SSSR count). The van der Waals surface area contributed by atoms with Crippen molar-refractivity contribution in [2.24, 2.45) is 4.99 Å². The lowest BCUT2D eigenvalue weighted by Gasteiger charge is -2.35. The Kier molecular flexibility index (Phi) is 11.0. The minimum atomic E-state index is 0. The van der Waals surface area contributed by atoms with Gasteiger partial charge in [0.15, 0.2) is 5.96 Å². The van der Waals surface area contributed by atoms with Crippen LogP contribution in [0.1, 0.15) is 37.7 Å². The molecule has 2 fully saturated rings. The molecule has 1 aromatic carbocycles. The summed E-state index contributed by atoms with van der Waals surface area (Å²) in [6, 6.07) is 5.87. The highest BCUT2D eigenvalue weighted by Gasteiger charge is 2.24. The van der Waals surface area contributed by atoms with E-state index in [1.165, 1.54) is 12.8 Å². The zero-order chi connectivity index (χ0) is 20.5. The van der Waals surface area contributed by atoms with Gasteiger partial charge in [-0.25, -0.2) is 0 Å². The van der Waals surface area contributed by atoms with Crippen molar-refractivity contribution in [2.45, 2.75) is 50.9 Å². The van der Waals surface area contributed by atoms with E-state index in [9.17, 15) is 0 Å². The molecule has 1 unspecified atom stereocenters. The normalized spacial score (nSPS) is 20.4. The van der Waals surface area contributed by atoms with Crippen LogP contribution in [0.15, 0.2) is 23.2 Å². The van der Waals surface area contributed by atoms with E-state index in [0.717, 1.165) is 68.6 Å². The van der Waals surface area contributed by atoms with Crippen molar-refractivity contribution in [1.29, 1.82) is 0 Å². The summed E-state index contributed by atoms with van der Waals surface area (Å²) in [6.45, 7) is 4.14. The molecule has 0 radical (unpaired) electrons. The highest BCUT2D eigenvalue weighted by Crippen LogP contribution is 2.24. The zero-order valence-corrected chi connectivity index (χ0v) is 20.7. The van der Waals surface area contributed by atoms with E-state index in [2.05, 4.69) is 15.2 Å². The van der Waals surface area contributed by atoms with Gasteiger partial charge in [-0.2, -0.15) is 0 Å². The maximum absolute atomic E-state index is 6.13. The molecule has 2 saturated heterocycles. The highest BCUT2D eigenvalue weighted by molar-refractivity contribution is 14.0. The second kappa shape index (κ2) is 13.2. The van der Waals surface area contributed by atoms with Crippen molar-refractivity contribution >= 4 is 29.9 Å². The number of halogens is 1. The van der Waals surface area contributed by atoms with Crippen LogP contribution in [0, 0.1) is 0 Å². The van der Waals surface area contributed by atoms with Gasteiger partial charge in [0.2, 0.25) is 0 Å². The van der Waals surface area contributed by atoms with Crippen molar-refractivity contribution < 1.29 is 18.9 Å². The van der Waals surface area contributed by atoms with Gasteiger partial charge in [-0.3, -0.25) is 4.99 Å². The van der Waals surface area contributed by atoms with Gasteiger partial charge in [-0.1, -0.05) is 0 Å². The van der Waals surface area contributed by atoms with E-state index in [1.54, 1.807) is 14.2 Å². The summed E-state index contributed by atoms with van der Waals surface area (Å²) >= 11 is 0. The number of rotatable bonds is 7. The second-order valence-electron chi connectivity index (χ2n) is 7.59. The minimum absolute atomic E-state index is 0. The largest absolute Gasteiger partial charge is 0.497 e. The van der Waals surface area contributed by atoms with Crippen LogP contribution in [0.2, 0.25) is 0 Å². The third-order valence-electron chi connectivity index (χ3n) is 5.68. The molecule has 0 aliphatic carbocycles. The number of likely N-dealkylation sites (tertiary alicyclic amines) is 1. The molecule has 2 heterocycles. The van der Waals surface area contributed by atoms with Gasteiger partial charge < -0.3 is 29.2 Å². The van der Waals surface area contributed by atoms with Crippen LogP contribution in [0.25, 0.3) is 0 Å². The van der Waals surface area contributed by atoms with E-state index in [-0.39, 0.29) is 30.1 Å². The fourth-order valence-corrected chi connectivity index (χ4v) is 3.92. The Morgan fingerprint density at radius 3 is 2.60 bits per heavy atom. The summed E-state index contributed by atoms with van der Waals surface area (Å²) in [5, 5.41) is 3.46. The first kappa shape index (κ1) is 25.0. The molecule has 7 nitrogen and oxygen atoms in total. The maximum Gasteiger partial charge on any atom is 0.193 e. The molecule has 2 aliphatic heterocycles. The van der Waals surface area contributed by atoms with Crippen LogP contribution in [0.5, 0.6) is 11.5 Å². The van der Waals surface area contributed by atoms with E-state index in [1.807, 2.05) is 25.2 Å². The Labute approximate surface area is 197 Å². The van der Waals surface area contributed by atoms with Gasteiger partial charge in [0, 0.05) is 44.9 Å². The molecule has 0 bridgehead atoms. The van der Waals surface area contributed by atoms with Crippen molar-refractivity contribution in [2.75, 3.05) is 47.6 Å². The summed E-state index contributed by atoms with van der Waals surface area (Å²) in [7, 11) is 5.16. The number of methoxy groups -OCH3 is 2. The van der Waals surface area contributed by atoms with Crippen molar-refractivity contribution in [3.63, 3.8) is 0 Å². The molecule has 0 saturated carbocycles. The predicted octanol–water partition coefficient (Wildman–Crippen LogP) is 3.45. The SMILES string of the molecule is CN=C(NCc1ccc(OC)cc1OC)N1CCC(OCC2CCCCO2)CC1.I. The number of hydrogen-bond donors (Lipinski definition) is 1. The standard InChI is InChI=1S/C22H35N3O4.HI/c1-23-22(24-15-17-7-8-19(26-2)14-21(17)27-3)25-11-9-18(10-12-25)29-16-20-6-4-5-13-28-20;/h7-8,14,18,20H,4-6,9-13,15-16H2,1-3H3,(H,23,24);1H. The Morgan fingerprint density at radius 2 is 1.97 bits per heavy atom. The number of nitrogens with zero attached hydrogens (tertiary/aromatic N) is 2. The smallest absolute Gasteiger partial charge is 0.193 e. The lowest BCUT2D eigenvalue weighted by Crippen LogP contribution is -2.47. The molecule has 2 aliphatic rings. The monoisotopic (exact) mass is 533 g/mol. The zero-order valence-electron chi connectivity index (χ0n) is 18.4. The fourth-order valence-electron chi connectivity index (χ4n) is 3.92. The van der Waals surface area contributed by atoms with E-state index >= 15 is 0 Å². The maximum atomic E-state index is 6.13. The van der Waals surface area contributed by atoms with Gasteiger partial charge in [-0.05, 0) is 44.2 Å². The molecule has 1 atom stereocenters. The van der Waals surface area contributed by atoms with Crippen LogP contribution in [0.3, 0.4) is 0 Å². The molecule has 170 valence electrons. The molecule has 0 aromatic heterocycles. The lowest BCUT2D eigenvalue weighted by molar-refractivity contribution is -0.0721. The van der Waals surface area contributed by atoms with E-state index in [0.29, 0.717) is 12.6 Å². The third-order valence-corrected chi connectivity index (χ3v) is 5.68. The number of ether oxygens (including phenoxy) is 4. The highest BCUT2D eigenvalue weighted by atomic mass is 127. The average Bonchev–Trinajstić information content (AvgIpc) is 2.79. The van der Waals surface area contributed by atoms with Crippen molar-refractivity contribution in [3.8, 4) is 11.5 Å². The summed E-state index contributed by atoms with van der Waals surface area (Å²) in [5.74, 6) is 2.51. The molecule has 1 N–H and O–H groups in total. The third kappa shape index (κ3) is 7.16. The van der Waals surface area contributed by atoms with Gasteiger partial charge in [-0.15, -0.1) is 24.0 Å². The summed E-state index contributed by atoms with van der Waals surface area (Å²) in [4.78, 5) is 6.76. The summed E-state index contributed by atoms with van der Waals surface area (Å²) < 4.78 is 22.7. The minimum Gasteiger partial charge on any atom is -0.497 e.